The SMILES string of the molecule is CN(CCC#N)C(=O)C1CC1c1ccccc1. The number of rotatable bonds is 4. The second-order valence-electron chi connectivity index (χ2n) is 4.53. The van der Waals surface area contributed by atoms with E-state index in [9.17, 15) is 4.79 Å². The summed E-state index contributed by atoms with van der Waals surface area (Å²) >= 11 is 0. The fraction of sp³-hybridized carbons (Fsp3) is 0.429. The van der Waals surface area contributed by atoms with Gasteiger partial charge in [-0.3, -0.25) is 4.79 Å². The molecule has 3 nitrogen and oxygen atoms in total. The van der Waals surface area contributed by atoms with Crippen molar-refractivity contribution in [2.24, 2.45) is 5.92 Å². The van der Waals surface area contributed by atoms with Crippen LogP contribution in [0.1, 0.15) is 24.3 Å². The zero-order valence-electron chi connectivity index (χ0n) is 9.97. The fourth-order valence-corrected chi connectivity index (χ4v) is 2.15. The monoisotopic (exact) mass is 228 g/mol. The number of hydrogen-bond acceptors (Lipinski definition) is 2. The van der Waals surface area contributed by atoms with Gasteiger partial charge in [0.2, 0.25) is 5.91 Å². The topological polar surface area (TPSA) is 44.1 Å². The molecule has 88 valence electrons. The van der Waals surface area contributed by atoms with Gasteiger partial charge in [0, 0.05) is 19.5 Å². The third-order valence-corrected chi connectivity index (χ3v) is 3.27. The molecule has 1 aromatic rings. The van der Waals surface area contributed by atoms with Crippen molar-refractivity contribution in [1.82, 2.24) is 4.90 Å². The second-order valence-corrected chi connectivity index (χ2v) is 4.53. The number of hydrogen-bond donors (Lipinski definition) is 0. The lowest BCUT2D eigenvalue weighted by Crippen LogP contribution is -2.29. The molecule has 1 saturated carbocycles. The summed E-state index contributed by atoms with van der Waals surface area (Å²) in [6.07, 6.45) is 1.35. The maximum atomic E-state index is 12.0. The molecule has 2 rings (SSSR count). The second kappa shape index (κ2) is 5.01. The average molecular weight is 228 g/mol. The number of carbonyl (C=O) groups is 1. The Morgan fingerprint density at radius 3 is 2.82 bits per heavy atom. The lowest BCUT2D eigenvalue weighted by atomic mass is 10.1. The molecule has 0 aromatic heterocycles. The molecule has 3 heteroatoms. The van der Waals surface area contributed by atoms with Crippen LogP contribution in [0, 0.1) is 17.2 Å². The highest BCUT2D eigenvalue weighted by Crippen LogP contribution is 2.48. The highest BCUT2D eigenvalue weighted by Gasteiger charge is 2.44. The van der Waals surface area contributed by atoms with Gasteiger partial charge in [0.15, 0.2) is 0 Å². The van der Waals surface area contributed by atoms with Crippen molar-refractivity contribution < 1.29 is 4.79 Å². The summed E-state index contributed by atoms with van der Waals surface area (Å²) in [5, 5.41) is 8.49. The highest BCUT2D eigenvalue weighted by molar-refractivity contribution is 5.82. The van der Waals surface area contributed by atoms with Crippen LogP contribution in [0.25, 0.3) is 0 Å². The van der Waals surface area contributed by atoms with Gasteiger partial charge in [-0.15, -0.1) is 0 Å². The van der Waals surface area contributed by atoms with Crippen molar-refractivity contribution in [2.75, 3.05) is 13.6 Å². The Morgan fingerprint density at radius 2 is 2.18 bits per heavy atom. The van der Waals surface area contributed by atoms with Gasteiger partial charge >= 0.3 is 0 Å². The maximum absolute atomic E-state index is 12.0. The molecule has 17 heavy (non-hydrogen) atoms. The van der Waals surface area contributed by atoms with Crippen LogP contribution in [0.2, 0.25) is 0 Å². The number of nitriles is 1. The molecule has 2 unspecified atom stereocenters. The molecule has 1 aromatic carbocycles. The van der Waals surface area contributed by atoms with Crippen LogP contribution in [0.3, 0.4) is 0 Å². The number of nitrogens with zero attached hydrogens (tertiary/aromatic N) is 2. The van der Waals surface area contributed by atoms with Gasteiger partial charge in [0.25, 0.3) is 0 Å². The minimum Gasteiger partial charge on any atom is -0.344 e. The minimum atomic E-state index is 0.126. The van der Waals surface area contributed by atoms with Crippen LogP contribution in [-0.2, 0) is 4.79 Å². The maximum Gasteiger partial charge on any atom is 0.226 e. The molecule has 1 fully saturated rings. The van der Waals surface area contributed by atoms with Gasteiger partial charge in [0.05, 0.1) is 12.5 Å². The average Bonchev–Trinajstić information content (AvgIpc) is 3.16. The van der Waals surface area contributed by atoms with E-state index >= 15 is 0 Å². The Balaban J connectivity index is 1.91. The molecule has 0 N–H and O–H groups in total. The largest absolute Gasteiger partial charge is 0.344 e. The van der Waals surface area contributed by atoms with Gasteiger partial charge in [-0.05, 0) is 17.9 Å². The molecule has 0 heterocycles. The minimum absolute atomic E-state index is 0.126. The molecular weight excluding hydrogens is 212 g/mol. The van der Waals surface area contributed by atoms with E-state index < -0.39 is 0 Å². The molecule has 0 radical (unpaired) electrons. The normalized spacial score (nSPS) is 21.6. The van der Waals surface area contributed by atoms with Gasteiger partial charge in [-0.25, -0.2) is 0 Å². The van der Waals surface area contributed by atoms with Gasteiger partial charge < -0.3 is 4.90 Å². The Kier molecular flexibility index (Phi) is 3.43. The van der Waals surface area contributed by atoms with Gasteiger partial charge in [-0.1, -0.05) is 30.3 Å². The standard InChI is InChI=1S/C14H16N2O/c1-16(9-5-8-15)14(17)13-10-12(13)11-6-3-2-4-7-11/h2-4,6-7,12-13H,5,9-10H2,1H3. The predicted octanol–water partition coefficient (Wildman–Crippen LogP) is 2.16. The molecule has 2 atom stereocenters. The van der Waals surface area contributed by atoms with Crippen LogP contribution in [0.4, 0.5) is 0 Å². The summed E-state index contributed by atoms with van der Waals surface area (Å²) in [4.78, 5) is 13.7. The van der Waals surface area contributed by atoms with Crippen molar-refractivity contribution >= 4 is 5.91 Å². The van der Waals surface area contributed by atoms with Crippen molar-refractivity contribution in [3.8, 4) is 6.07 Å². The van der Waals surface area contributed by atoms with Crippen LogP contribution in [0.5, 0.6) is 0 Å². The Bertz CT molecular complexity index is 435. The Hall–Kier alpha value is -1.82. The van der Waals surface area contributed by atoms with Crippen molar-refractivity contribution in [1.29, 1.82) is 5.26 Å². The van der Waals surface area contributed by atoms with Crippen LogP contribution in [-0.4, -0.2) is 24.4 Å². The van der Waals surface area contributed by atoms with Crippen LogP contribution < -0.4 is 0 Å². The van der Waals surface area contributed by atoms with Gasteiger partial charge in [0.1, 0.15) is 0 Å². The number of benzene rings is 1. The lowest BCUT2D eigenvalue weighted by molar-refractivity contribution is -0.131. The number of amides is 1. The smallest absolute Gasteiger partial charge is 0.226 e. The zero-order chi connectivity index (χ0) is 12.3. The molecular formula is C14H16N2O. The first kappa shape index (κ1) is 11.7. The third-order valence-electron chi connectivity index (χ3n) is 3.27. The predicted molar refractivity (Wildman–Crippen MR) is 65.2 cm³/mol. The van der Waals surface area contributed by atoms with E-state index in [1.54, 1.807) is 11.9 Å². The fourth-order valence-electron chi connectivity index (χ4n) is 2.15. The van der Waals surface area contributed by atoms with Crippen LogP contribution in [0.15, 0.2) is 30.3 Å². The first-order chi connectivity index (χ1) is 8.24. The zero-order valence-corrected chi connectivity index (χ0v) is 9.97. The summed E-state index contributed by atoms with van der Waals surface area (Å²) in [6, 6.07) is 12.2. The lowest BCUT2D eigenvalue weighted by Gasteiger charge is -2.15. The summed E-state index contributed by atoms with van der Waals surface area (Å²) in [7, 11) is 1.78. The summed E-state index contributed by atoms with van der Waals surface area (Å²) < 4.78 is 0. The molecule has 1 aliphatic carbocycles. The van der Waals surface area contributed by atoms with E-state index in [1.807, 2.05) is 18.2 Å². The van der Waals surface area contributed by atoms with E-state index in [0.717, 1.165) is 6.42 Å². The van der Waals surface area contributed by atoms with E-state index in [2.05, 4.69) is 18.2 Å². The van der Waals surface area contributed by atoms with Crippen molar-refractivity contribution in [3.63, 3.8) is 0 Å². The molecule has 1 aliphatic rings. The first-order valence-electron chi connectivity index (χ1n) is 5.91. The summed E-state index contributed by atoms with van der Waals surface area (Å²) in [5.74, 6) is 0.684. The molecule has 1 amide bonds. The van der Waals surface area contributed by atoms with E-state index in [-0.39, 0.29) is 11.8 Å². The summed E-state index contributed by atoms with van der Waals surface area (Å²) in [6.45, 7) is 0.535. The van der Waals surface area contributed by atoms with E-state index in [0.29, 0.717) is 18.9 Å². The van der Waals surface area contributed by atoms with Crippen molar-refractivity contribution in [2.45, 2.75) is 18.8 Å². The van der Waals surface area contributed by atoms with Crippen molar-refractivity contribution in [3.05, 3.63) is 35.9 Å². The highest BCUT2D eigenvalue weighted by atomic mass is 16.2. The Labute approximate surface area is 102 Å². The Morgan fingerprint density at radius 1 is 1.47 bits per heavy atom. The molecule has 0 aliphatic heterocycles. The van der Waals surface area contributed by atoms with Crippen LogP contribution >= 0.6 is 0 Å². The molecule has 0 spiro atoms. The van der Waals surface area contributed by atoms with Gasteiger partial charge in [-0.2, -0.15) is 5.26 Å². The quantitative estimate of drug-likeness (QED) is 0.792. The summed E-state index contributed by atoms with van der Waals surface area (Å²) in [5.41, 5.74) is 1.25. The number of carbonyl (C=O) groups excluding carboxylic acids is 1. The third kappa shape index (κ3) is 2.65. The first-order valence-corrected chi connectivity index (χ1v) is 5.91. The molecule has 0 bridgehead atoms. The molecule has 0 saturated heterocycles. The van der Waals surface area contributed by atoms with E-state index in [4.69, 9.17) is 5.26 Å². The van der Waals surface area contributed by atoms with E-state index in [1.165, 1.54) is 5.56 Å².